The molecule has 7 heteroatoms. The van der Waals surface area contributed by atoms with Crippen molar-refractivity contribution >= 4 is 28.8 Å². The summed E-state index contributed by atoms with van der Waals surface area (Å²) in [6, 6.07) is 14.6. The molecule has 0 saturated heterocycles. The van der Waals surface area contributed by atoms with Crippen LogP contribution in [0, 0.1) is 0 Å². The first-order valence-corrected chi connectivity index (χ1v) is 11.0. The second-order valence-electron chi connectivity index (χ2n) is 6.90. The van der Waals surface area contributed by atoms with E-state index < -0.39 is 0 Å². The monoisotopic (exact) mass is 444 g/mol. The van der Waals surface area contributed by atoms with E-state index in [4.69, 9.17) is 21.1 Å². The average molecular weight is 445 g/mol. The summed E-state index contributed by atoms with van der Waals surface area (Å²) in [6.07, 6.45) is 0.854. The van der Waals surface area contributed by atoms with Crippen LogP contribution in [-0.4, -0.2) is 28.9 Å². The van der Waals surface area contributed by atoms with Crippen molar-refractivity contribution in [2.45, 2.75) is 39.5 Å². The van der Waals surface area contributed by atoms with Gasteiger partial charge in [0.25, 0.3) is 5.91 Å². The van der Waals surface area contributed by atoms with Crippen LogP contribution in [0.4, 0.5) is 0 Å². The minimum atomic E-state index is -0.0322. The van der Waals surface area contributed by atoms with Crippen molar-refractivity contribution in [3.05, 3.63) is 75.2 Å². The number of amides is 1. The van der Waals surface area contributed by atoms with E-state index in [1.807, 2.05) is 40.6 Å². The molecule has 0 radical (unpaired) electrons. The average Bonchev–Trinajstić information content (AvgIpc) is 3.23. The van der Waals surface area contributed by atoms with Crippen molar-refractivity contribution < 1.29 is 14.3 Å². The van der Waals surface area contributed by atoms with Crippen LogP contribution in [0.3, 0.4) is 0 Å². The SMILES string of the molecule is CC[C@@H](C)N(Cc1csc(COc2ccc(Cl)cc2)n1)C(=O)c1cccc(OC)c1. The lowest BCUT2D eigenvalue weighted by atomic mass is 10.1. The lowest BCUT2D eigenvalue weighted by molar-refractivity contribution is 0.0668. The summed E-state index contributed by atoms with van der Waals surface area (Å²) in [5.41, 5.74) is 1.46. The van der Waals surface area contributed by atoms with Gasteiger partial charge >= 0.3 is 0 Å². The Kier molecular flexibility index (Phi) is 7.71. The van der Waals surface area contributed by atoms with E-state index in [1.165, 1.54) is 11.3 Å². The number of halogens is 1. The Morgan fingerprint density at radius 1 is 1.20 bits per heavy atom. The summed E-state index contributed by atoms with van der Waals surface area (Å²) in [7, 11) is 1.60. The number of hydrogen-bond donors (Lipinski definition) is 0. The van der Waals surface area contributed by atoms with Gasteiger partial charge in [-0.3, -0.25) is 4.79 Å². The highest BCUT2D eigenvalue weighted by Crippen LogP contribution is 2.21. The van der Waals surface area contributed by atoms with E-state index in [2.05, 4.69) is 18.8 Å². The molecule has 1 atom stereocenters. The quantitative estimate of drug-likeness (QED) is 0.417. The molecule has 0 bridgehead atoms. The Morgan fingerprint density at radius 3 is 2.67 bits per heavy atom. The third-order valence-corrected chi connectivity index (χ3v) is 5.93. The Labute approximate surface area is 186 Å². The van der Waals surface area contributed by atoms with E-state index in [0.717, 1.165) is 22.9 Å². The molecule has 0 aliphatic heterocycles. The van der Waals surface area contributed by atoms with Gasteiger partial charge < -0.3 is 14.4 Å². The van der Waals surface area contributed by atoms with Crippen molar-refractivity contribution in [2.75, 3.05) is 7.11 Å². The third-order valence-electron chi connectivity index (χ3n) is 4.81. The summed E-state index contributed by atoms with van der Waals surface area (Å²) < 4.78 is 11.0. The molecule has 0 spiro atoms. The van der Waals surface area contributed by atoms with Gasteiger partial charge in [0.2, 0.25) is 0 Å². The molecule has 0 saturated carbocycles. The van der Waals surface area contributed by atoms with Gasteiger partial charge in [0.05, 0.1) is 19.3 Å². The Hall–Kier alpha value is -2.57. The number of carbonyl (C=O) groups is 1. The van der Waals surface area contributed by atoms with Crippen molar-refractivity contribution in [1.82, 2.24) is 9.88 Å². The summed E-state index contributed by atoms with van der Waals surface area (Å²) in [5.74, 6) is 1.38. The first-order valence-electron chi connectivity index (χ1n) is 9.76. The molecule has 30 heavy (non-hydrogen) atoms. The fourth-order valence-electron chi connectivity index (χ4n) is 2.91. The van der Waals surface area contributed by atoms with Crippen LogP contribution in [0.5, 0.6) is 11.5 Å². The van der Waals surface area contributed by atoms with Gasteiger partial charge in [-0.25, -0.2) is 4.98 Å². The lowest BCUT2D eigenvalue weighted by Gasteiger charge is -2.28. The van der Waals surface area contributed by atoms with Gasteiger partial charge in [-0.1, -0.05) is 24.6 Å². The molecule has 0 unspecified atom stereocenters. The van der Waals surface area contributed by atoms with Crippen molar-refractivity contribution in [2.24, 2.45) is 0 Å². The zero-order valence-corrected chi connectivity index (χ0v) is 18.9. The van der Waals surface area contributed by atoms with E-state index >= 15 is 0 Å². The highest BCUT2D eigenvalue weighted by atomic mass is 35.5. The molecule has 5 nitrogen and oxygen atoms in total. The summed E-state index contributed by atoms with van der Waals surface area (Å²) in [4.78, 5) is 19.7. The maximum absolute atomic E-state index is 13.2. The van der Waals surface area contributed by atoms with Gasteiger partial charge in [0.15, 0.2) is 0 Å². The number of aromatic nitrogens is 1. The molecule has 2 aromatic carbocycles. The van der Waals surface area contributed by atoms with Crippen LogP contribution in [0.25, 0.3) is 0 Å². The number of hydrogen-bond acceptors (Lipinski definition) is 5. The Bertz CT molecular complexity index is 975. The van der Waals surface area contributed by atoms with Crippen LogP contribution in [0.2, 0.25) is 5.02 Å². The smallest absolute Gasteiger partial charge is 0.254 e. The molecule has 0 fully saturated rings. The van der Waals surface area contributed by atoms with Gasteiger partial charge in [0, 0.05) is 22.0 Å². The predicted octanol–water partition coefficient (Wildman–Crippen LogP) is 5.83. The molecular formula is C23H25ClN2O3S. The molecule has 0 aliphatic carbocycles. The van der Waals surface area contributed by atoms with E-state index in [0.29, 0.717) is 29.5 Å². The molecule has 3 aromatic rings. The zero-order chi connectivity index (χ0) is 21.5. The normalized spacial score (nSPS) is 11.7. The van der Waals surface area contributed by atoms with Crippen molar-refractivity contribution in [3.63, 3.8) is 0 Å². The minimum Gasteiger partial charge on any atom is -0.497 e. The first kappa shape index (κ1) is 22.1. The maximum atomic E-state index is 13.2. The first-order chi connectivity index (χ1) is 14.5. The Morgan fingerprint density at radius 2 is 1.97 bits per heavy atom. The third kappa shape index (κ3) is 5.74. The predicted molar refractivity (Wildman–Crippen MR) is 121 cm³/mol. The topological polar surface area (TPSA) is 51.7 Å². The summed E-state index contributed by atoms with van der Waals surface area (Å²) in [5, 5.41) is 3.51. The lowest BCUT2D eigenvalue weighted by Crippen LogP contribution is -2.37. The molecule has 1 amide bonds. The fourth-order valence-corrected chi connectivity index (χ4v) is 3.73. The molecule has 1 aromatic heterocycles. The van der Waals surface area contributed by atoms with Gasteiger partial charge in [0.1, 0.15) is 23.1 Å². The molecular weight excluding hydrogens is 420 g/mol. The van der Waals surface area contributed by atoms with Gasteiger partial charge in [-0.15, -0.1) is 11.3 Å². The molecule has 158 valence electrons. The van der Waals surface area contributed by atoms with Gasteiger partial charge in [-0.05, 0) is 55.8 Å². The van der Waals surface area contributed by atoms with E-state index in [1.54, 1.807) is 25.3 Å². The molecule has 0 aliphatic rings. The second kappa shape index (κ2) is 10.5. The highest BCUT2D eigenvalue weighted by Gasteiger charge is 2.22. The number of methoxy groups -OCH3 is 1. The fraction of sp³-hybridized carbons (Fsp3) is 0.304. The van der Waals surface area contributed by atoms with Crippen LogP contribution < -0.4 is 9.47 Å². The number of carbonyl (C=O) groups excluding carboxylic acids is 1. The molecule has 1 heterocycles. The highest BCUT2D eigenvalue weighted by molar-refractivity contribution is 7.09. The zero-order valence-electron chi connectivity index (χ0n) is 17.3. The number of ether oxygens (including phenoxy) is 2. The summed E-state index contributed by atoms with van der Waals surface area (Å²) in [6.45, 7) is 4.94. The van der Waals surface area contributed by atoms with Crippen molar-refractivity contribution in [3.8, 4) is 11.5 Å². The van der Waals surface area contributed by atoms with Crippen LogP contribution in [0.1, 0.15) is 41.3 Å². The number of thiazole rings is 1. The van der Waals surface area contributed by atoms with Crippen molar-refractivity contribution in [1.29, 1.82) is 0 Å². The number of nitrogens with zero attached hydrogens (tertiary/aromatic N) is 2. The van der Waals surface area contributed by atoms with Crippen LogP contribution in [-0.2, 0) is 13.2 Å². The molecule has 0 N–H and O–H groups in total. The van der Waals surface area contributed by atoms with Crippen LogP contribution in [0.15, 0.2) is 53.9 Å². The molecule has 3 rings (SSSR count). The van der Waals surface area contributed by atoms with Gasteiger partial charge in [-0.2, -0.15) is 0 Å². The second-order valence-corrected chi connectivity index (χ2v) is 8.28. The summed E-state index contributed by atoms with van der Waals surface area (Å²) >= 11 is 7.43. The van der Waals surface area contributed by atoms with E-state index in [-0.39, 0.29) is 11.9 Å². The number of rotatable bonds is 9. The maximum Gasteiger partial charge on any atom is 0.254 e. The largest absolute Gasteiger partial charge is 0.497 e. The standard InChI is InChI=1S/C23H25ClN2O3S/c1-4-16(2)26(23(27)17-6-5-7-21(12-17)28-3)13-19-15-30-22(25-19)14-29-20-10-8-18(24)9-11-20/h5-12,15-16H,4,13-14H2,1-3H3/t16-/m1/s1. The van der Waals surface area contributed by atoms with Crippen LogP contribution >= 0.6 is 22.9 Å². The Balaban J connectivity index is 1.69. The minimum absolute atomic E-state index is 0.0322. The van der Waals surface area contributed by atoms with E-state index in [9.17, 15) is 4.79 Å². The number of benzene rings is 2.